The third-order valence-electron chi connectivity index (χ3n) is 2.42. The second kappa shape index (κ2) is 3.92. The lowest BCUT2D eigenvalue weighted by Gasteiger charge is -1.91. The maximum Gasteiger partial charge on any atom is 0.335 e. The van der Waals surface area contributed by atoms with Gasteiger partial charge in [0.15, 0.2) is 5.58 Å². The molecule has 3 rings (SSSR count). The average Bonchev–Trinajstić information content (AvgIpc) is 2.82. The topological polar surface area (TPSA) is 89.1 Å². The molecule has 1 aromatic carbocycles. The fourth-order valence-corrected chi connectivity index (χ4v) is 1.58. The van der Waals surface area contributed by atoms with Crippen molar-refractivity contribution < 1.29 is 14.3 Å². The van der Waals surface area contributed by atoms with Crippen molar-refractivity contribution in [1.29, 1.82) is 0 Å². The molecule has 0 fully saturated rings. The molecule has 0 bridgehead atoms. The summed E-state index contributed by atoms with van der Waals surface area (Å²) in [4.78, 5) is 23.0. The Morgan fingerprint density at radius 2 is 2.17 bits per heavy atom. The second-order valence-corrected chi connectivity index (χ2v) is 3.60. The van der Waals surface area contributed by atoms with Crippen molar-refractivity contribution in [2.24, 2.45) is 0 Å². The van der Waals surface area contributed by atoms with E-state index in [0.29, 0.717) is 22.7 Å². The lowest BCUT2D eigenvalue weighted by molar-refractivity contribution is 0.0697. The summed E-state index contributed by atoms with van der Waals surface area (Å²) in [6.07, 6.45) is 4.62. The van der Waals surface area contributed by atoms with E-state index in [0.717, 1.165) is 0 Å². The first kappa shape index (κ1) is 10.4. The predicted octanol–water partition coefficient (Wildman–Crippen LogP) is 1.98. The molecule has 0 spiro atoms. The number of aromatic carboxylic acids is 1. The summed E-state index contributed by atoms with van der Waals surface area (Å²) < 4.78 is 5.47. The van der Waals surface area contributed by atoms with Gasteiger partial charge >= 0.3 is 5.97 Å². The number of hydrogen-bond donors (Lipinski definition) is 1. The molecule has 0 saturated heterocycles. The number of aromatic nitrogens is 3. The largest absolute Gasteiger partial charge is 0.478 e. The van der Waals surface area contributed by atoms with Gasteiger partial charge in [-0.2, -0.15) is 0 Å². The Bertz CT molecular complexity index is 722. The summed E-state index contributed by atoms with van der Waals surface area (Å²) in [5.41, 5.74) is 1.66. The van der Waals surface area contributed by atoms with Crippen molar-refractivity contribution >= 4 is 17.1 Å². The lowest BCUT2D eigenvalue weighted by atomic mass is 10.2. The molecule has 0 saturated carbocycles. The molecule has 3 aromatic rings. The van der Waals surface area contributed by atoms with Gasteiger partial charge in [-0.25, -0.2) is 14.8 Å². The molecule has 6 heteroatoms. The first-order valence-corrected chi connectivity index (χ1v) is 5.14. The molecule has 2 heterocycles. The Kier molecular flexibility index (Phi) is 2.26. The van der Waals surface area contributed by atoms with Crippen LogP contribution in [0, 0.1) is 0 Å². The highest BCUT2D eigenvalue weighted by Gasteiger charge is 2.11. The SMILES string of the molecule is O=C(O)c1ccc2nc(-c3cnccn3)oc2c1. The smallest absolute Gasteiger partial charge is 0.335 e. The number of carboxylic acids is 1. The number of carboxylic acid groups (broad SMARTS) is 1. The van der Waals surface area contributed by atoms with Gasteiger partial charge in [-0.05, 0) is 18.2 Å². The number of fused-ring (bicyclic) bond motifs is 1. The number of rotatable bonds is 2. The fraction of sp³-hybridized carbons (Fsp3) is 0. The second-order valence-electron chi connectivity index (χ2n) is 3.60. The minimum Gasteiger partial charge on any atom is -0.478 e. The van der Waals surface area contributed by atoms with E-state index in [1.807, 2.05) is 0 Å². The third-order valence-corrected chi connectivity index (χ3v) is 2.42. The van der Waals surface area contributed by atoms with Crippen LogP contribution < -0.4 is 0 Å². The minimum absolute atomic E-state index is 0.157. The van der Waals surface area contributed by atoms with E-state index in [1.165, 1.54) is 24.5 Å². The van der Waals surface area contributed by atoms with E-state index >= 15 is 0 Å². The van der Waals surface area contributed by atoms with Gasteiger partial charge in [-0.3, -0.25) is 4.98 Å². The van der Waals surface area contributed by atoms with Gasteiger partial charge in [-0.15, -0.1) is 0 Å². The van der Waals surface area contributed by atoms with Gasteiger partial charge in [0.05, 0.1) is 11.8 Å². The summed E-state index contributed by atoms with van der Waals surface area (Å²) in [7, 11) is 0. The Morgan fingerprint density at radius 1 is 1.28 bits per heavy atom. The molecule has 1 N–H and O–H groups in total. The van der Waals surface area contributed by atoms with Gasteiger partial charge in [0.1, 0.15) is 11.2 Å². The zero-order chi connectivity index (χ0) is 12.5. The van der Waals surface area contributed by atoms with Crippen molar-refractivity contribution in [2.75, 3.05) is 0 Å². The van der Waals surface area contributed by atoms with E-state index in [2.05, 4.69) is 15.0 Å². The molecular weight excluding hydrogens is 234 g/mol. The van der Waals surface area contributed by atoms with Crippen molar-refractivity contribution in [1.82, 2.24) is 15.0 Å². The van der Waals surface area contributed by atoms with E-state index < -0.39 is 5.97 Å². The lowest BCUT2D eigenvalue weighted by Crippen LogP contribution is -1.94. The molecule has 6 nitrogen and oxygen atoms in total. The molecule has 0 aliphatic carbocycles. The van der Waals surface area contributed by atoms with Crippen molar-refractivity contribution in [3.8, 4) is 11.6 Å². The summed E-state index contributed by atoms with van der Waals surface area (Å²) >= 11 is 0. The van der Waals surface area contributed by atoms with E-state index in [1.54, 1.807) is 12.3 Å². The van der Waals surface area contributed by atoms with E-state index in [-0.39, 0.29) is 5.56 Å². The third kappa shape index (κ3) is 1.69. The molecule has 0 radical (unpaired) electrons. The molecule has 2 aromatic heterocycles. The summed E-state index contributed by atoms with van der Waals surface area (Å²) in [5.74, 6) is -0.685. The van der Waals surface area contributed by atoms with Gasteiger partial charge in [-0.1, -0.05) is 0 Å². The van der Waals surface area contributed by atoms with Crippen molar-refractivity contribution in [3.63, 3.8) is 0 Å². The molecule has 0 atom stereocenters. The van der Waals surface area contributed by atoms with E-state index in [9.17, 15) is 4.79 Å². The zero-order valence-corrected chi connectivity index (χ0v) is 9.07. The molecule has 0 unspecified atom stereocenters. The highest BCUT2D eigenvalue weighted by molar-refractivity contribution is 5.92. The van der Waals surface area contributed by atoms with Gasteiger partial charge in [0.25, 0.3) is 0 Å². The molecule has 88 valence electrons. The first-order chi connectivity index (χ1) is 8.74. The van der Waals surface area contributed by atoms with Crippen LogP contribution in [0.5, 0.6) is 0 Å². The molecule has 0 amide bonds. The fourth-order valence-electron chi connectivity index (χ4n) is 1.58. The quantitative estimate of drug-likeness (QED) is 0.737. The Labute approximate surface area is 101 Å². The molecule has 0 aliphatic rings. The Hall–Kier alpha value is -2.76. The summed E-state index contributed by atoms with van der Waals surface area (Å²) in [6, 6.07) is 4.51. The van der Waals surface area contributed by atoms with Crippen LogP contribution in [0.3, 0.4) is 0 Å². The first-order valence-electron chi connectivity index (χ1n) is 5.14. The van der Waals surface area contributed by atoms with Crippen LogP contribution in [0.15, 0.2) is 41.2 Å². The van der Waals surface area contributed by atoms with Crippen LogP contribution in [0.4, 0.5) is 0 Å². The number of benzene rings is 1. The average molecular weight is 241 g/mol. The van der Waals surface area contributed by atoms with E-state index in [4.69, 9.17) is 9.52 Å². The van der Waals surface area contributed by atoms with Crippen LogP contribution in [-0.4, -0.2) is 26.0 Å². The number of hydrogen-bond acceptors (Lipinski definition) is 5. The Balaban J connectivity index is 2.14. The summed E-state index contributed by atoms with van der Waals surface area (Å²) in [5, 5.41) is 8.88. The monoisotopic (exact) mass is 241 g/mol. The summed E-state index contributed by atoms with van der Waals surface area (Å²) in [6.45, 7) is 0. The zero-order valence-electron chi connectivity index (χ0n) is 9.07. The maximum absolute atomic E-state index is 10.8. The van der Waals surface area contributed by atoms with Gasteiger partial charge in [0.2, 0.25) is 5.89 Å². The molecular formula is C12H7N3O3. The van der Waals surface area contributed by atoms with Crippen molar-refractivity contribution in [3.05, 3.63) is 42.4 Å². The maximum atomic E-state index is 10.8. The van der Waals surface area contributed by atoms with Crippen LogP contribution in [-0.2, 0) is 0 Å². The molecule has 18 heavy (non-hydrogen) atoms. The van der Waals surface area contributed by atoms with Gasteiger partial charge < -0.3 is 9.52 Å². The highest BCUT2D eigenvalue weighted by Crippen LogP contribution is 2.22. The normalized spacial score (nSPS) is 10.7. The van der Waals surface area contributed by atoms with Crippen LogP contribution in [0.25, 0.3) is 22.7 Å². The van der Waals surface area contributed by atoms with Crippen LogP contribution in [0.2, 0.25) is 0 Å². The standard InChI is InChI=1S/C12H7N3O3/c16-12(17)7-1-2-8-10(5-7)18-11(15-8)9-6-13-3-4-14-9/h1-6H,(H,16,17). The predicted molar refractivity (Wildman–Crippen MR) is 62.0 cm³/mol. The Morgan fingerprint density at radius 3 is 2.89 bits per heavy atom. The van der Waals surface area contributed by atoms with Gasteiger partial charge in [0, 0.05) is 12.4 Å². The van der Waals surface area contributed by atoms with Crippen molar-refractivity contribution in [2.45, 2.75) is 0 Å². The number of oxazole rings is 1. The number of carbonyl (C=O) groups is 1. The van der Waals surface area contributed by atoms with Crippen LogP contribution >= 0.6 is 0 Å². The highest BCUT2D eigenvalue weighted by atomic mass is 16.4. The molecule has 0 aliphatic heterocycles. The minimum atomic E-state index is -1.01. The van der Waals surface area contributed by atoms with Crippen LogP contribution in [0.1, 0.15) is 10.4 Å². The number of nitrogens with zero attached hydrogens (tertiary/aromatic N) is 3.